The summed E-state index contributed by atoms with van der Waals surface area (Å²) in [4.78, 5) is 0. The van der Waals surface area contributed by atoms with E-state index in [2.05, 4.69) is 32.0 Å². The topological polar surface area (TPSA) is 26.0 Å². The monoisotopic (exact) mass is 221 g/mol. The molecule has 2 unspecified atom stereocenters. The van der Waals surface area contributed by atoms with Crippen molar-refractivity contribution in [1.29, 1.82) is 0 Å². The van der Waals surface area contributed by atoms with Crippen molar-refractivity contribution in [3.63, 3.8) is 0 Å². The summed E-state index contributed by atoms with van der Waals surface area (Å²) in [5.41, 5.74) is 10.5. The van der Waals surface area contributed by atoms with Gasteiger partial charge in [0.05, 0.1) is 0 Å². The molecule has 0 fully saturated rings. The van der Waals surface area contributed by atoms with Crippen LogP contribution in [0.4, 0.5) is 0 Å². The van der Waals surface area contributed by atoms with E-state index in [0.29, 0.717) is 5.92 Å². The Morgan fingerprint density at radius 2 is 2.27 bits per heavy atom. The minimum absolute atomic E-state index is 0.224. The quantitative estimate of drug-likeness (QED) is 0.788. The standard InChI is InChI=1S/C13H19NS/c1-3-10-4-5-11-8-15-7-9(2)13(14)12(11)6-10/h4-6,9,13H,3,7-8,14H2,1-2H3. The van der Waals surface area contributed by atoms with Crippen LogP contribution < -0.4 is 5.73 Å². The molecule has 0 saturated carbocycles. The lowest BCUT2D eigenvalue weighted by Gasteiger charge is -2.19. The molecule has 2 N–H and O–H groups in total. The molecule has 0 saturated heterocycles. The highest BCUT2D eigenvalue weighted by Crippen LogP contribution is 2.33. The van der Waals surface area contributed by atoms with Crippen LogP contribution in [0.3, 0.4) is 0 Å². The van der Waals surface area contributed by atoms with E-state index in [-0.39, 0.29) is 6.04 Å². The third kappa shape index (κ3) is 2.21. The molecule has 1 aliphatic rings. The van der Waals surface area contributed by atoms with E-state index in [4.69, 9.17) is 5.73 Å². The summed E-state index contributed by atoms with van der Waals surface area (Å²) in [5, 5.41) is 0. The SMILES string of the molecule is CCc1ccc2c(c1)C(N)C(C)CSC2. The van der Waals surface area contributed by atoms with Crippen LogP contribution in [0.1, 0.15) is 36.6 Å². The van der Waals surface area contributed by atoms with Crippen molar-refractivity contribution in [3.8, 4) is 0 Å². The van der Waals surface area contributed by atoms with E-state index >= 15 is 0 Å². The van der Waals surface area contributed by atoms with Crippen molar-refractivity contribution in [2.75, 3.05) is 5.75 Å². The Morgan fingerprint density at radius 3 is 3.00 bits per heavy atom. The van der Waals surface area contributed by atoms with Gasteiger partial charge in [-0.1, -0.05) is 32.0 Å². The van der Waals surface area contributed by atoms with E-state index in [1.807, 2.05) is 11.8 Å². The summed E-state index contributed by atoms with van der Waals surface area (Å²) >= 11 is 2.00. The summed E-state index contributed by atoms with van der Waals surface area (Å²) in [7, 11) is 0. The molecule has 1 heterocycles. The zero-order chi connectivity index (χ0) is 10.8. The van der Waals surface area contributed by atoms with E-state index in [9.17, 15) is 0 Å². The van der Waals surface area contributed by atoms with E-state index in [0.717, 1.165) is 12.2 Å². The van der Waals surface area contributed by atoms with Crippen LogP contribution in [0.15, 0.2) is 18.2 Å². The average molecular weight is 221 g/mol. The smallest absolute Gasteiger partial charge is 0.0331 e. The van der Waals surface area contributed by atoms with Crippen LogP contribution in [0.5, 0.6) is 0 Å². The zero-order valence-corrected chi connectivity index (χ0v) is 10.3. The van der Waals surface area contributed by atoms with Gasteiger partial charge in [-0.2, -0.15) is 11.8 Å². The van der Waals surface area contributed by atoms with Crippen LogP contribution >= 0.6 is 11.8 Å². The van der Waals surface area contributed by atoms with Crippen LogP contribution in [-0.4, -0.2) is 5.75 Å². The lowest BCUT2D eigenvalue weighted by Crippen LogP contribution is -2.20. The molecule has 0 amide bonds. The van der Waals surface area contributed by atoms with Gasteiger partial charge in [-0.05, 0) is 34.8 Å². The van der Waals surface area contributed by atoms with Crippen molar-refractivity contribution in [1.82, 2.24) is 0 Å². The number of rotatable bonds is 1. The van der Waals surface area contributed by atoms with Gasteiger partial charge in [-0.3, -0.25) is 0 Å². The first kappa shape index (κ1) is 11.0. The Balaban J connectivity index is 2.41. The van der Waals surface area contributed by atoms with Crippen LogP contribution in [0, 0.1) is 5.92 Å². The summed E-state index contributed by atoms with van der Waals surface area (Å²) < 4.78 is 0. The summed E-state index contributed by atoms with van der Waals surface area (Å²) in [6, 6.07) is 7.03. The van der Waals surface area contributed by atoms with Gasteiger partial charge in [0.1, 0.15) is 0 Å². The molecule has 0 bridgehead atoms. The Morgan fingerprint density at radius 1 is 1.47 bits per heavy atom. The first-order valence-corrected chi connectivity index (χ1v) is 6.83. The number of benzene rings is 1. The first-order valence-electron chi connectivity index (χ1n) is 5.67. The lowest BCUT2D eigenvalue weighted by molar-refractivity contribution is 0.523. The maximum Gasteiger partial charge on any atom is 0.0331 e. The van der Waals surface area contributed by atoms with Crippen molar-refractivity contribution >= 4 is 11.8 Å². The second-order valence-corrected chi connectivity index (χ2v) is 5.44. The predicted octanol–water partition coefficient (Wildman–Crippen LogP) is 3.13. The molecule has 1 nitrogen and oxygen atoms in total. The molecule has 1 aliphatic heterocycles. The molecule has 1 aromatic carbocycles. The first-order chi connectivity index (χ1) is 7.22. The number of thioether (sulfide) groups is 1. The molecule has 0 spiro atoms. The van der Waals surface area contributed by atoms with Gasteiger partial charge in [0.15, 0.2) is 0 Å². The molecule has 15 heavy (non-hydrogen) atoms. The largest absolute Gasteiger partial charge is 0.324 e. The second kappa shape index (κ2) is 4.58. The molecule has 0 radical (unpaired) electrons. The van der Waals surface area contributed by atoms with E-state index in [1.165, 1.54) is 22.4 Å². The zero-order valence-electron chi connectivity index (χ0n) is 9.49. The van der Waals surface area contributed by atoms with Crippen molar-refractivity contribution in [2.24, 2.45) is 11.7 Å². The van der Waals surface area contributed by atoms with Crippen LogP contribution in [0.25, 0.3) is 0 Å². The Bertz CT molecular complexity index is 348. The predicted molar refractivity (Wildman–Crippen MR) is 68.1 cm³/mol. The molecular formula is C13H19NS. The summed E-state index contributed by atoms with van der Waals surface area (Å²) in [5.74, 6) is 2.89. The number of fused-ring (bicyclic) bond motifs is 1. The third-order valence-electron chi connectivity index (χ3n) is 3.23. The number of hydrogen-bond donors (Lipinski definition) is 1. The molecular weight excluding hydrogens is 202 g/mol. The molecule has 82 valence electrons. The highest BCUT2D eigenvalue weighted by Gasteiger charge is 2.21. The maximum absolute atomic E-state index is 6.30. The molecule has 1 aromatic rings. The highest BCUT2D eigenvalue weighted by molar-refractivity contribution is 7.98. The Hall–Kier alpha value is -0.470. The average Bonchev–Trinajstić information content (AvgIpc) is 2.40. The fraction of sp³-hybridized carbons (Fsp3) is 0.538. The number of nitrogens with two attached hydrogens (primary N) is 1. The van der Waals surface area contributed by atoms with Crippen LogP contribution in [0.2, 0.25) is 0 Å². The lowest BCUT2D eigenvalue weighted by atomic mass is 9.92. The van der Waals surface area contributed by atoms with Gasteiger partial charge in [0.25, 0.3) is 0 Å². The molecule has 2 heteroatoms. The van der Waals surface area contributed by atoms with Crippen molar-refractivity contribution < 1.29 is 0 Å². The van der Waals surface area contributed by atoms with Crippen molar-refractivity contribution in [2.45, 2.75) is 32.1 Å². The summed E-state index contributed by atoms with van der Waals surface area (Å²) in [6.45, 7) is 4.45. The molecule has 2 atom stereocenters. The van der Waals surface area contributed by atoms with Crippen molar-refractivity contribution in [3.05, 3.63) is 34.9 Å². The fourth-order valence-corrected chi connectivity index (χ4v) is 3.25. The normalized spacial score (nSPS) is 25.8. The maximum atomic E-state index is 6.30. The molecule has 2 rings (SSSR count). The minimum atomic E-state index is 0.224. The van der Waals surface area contributed by atoms with E-state index < -0.39 is 0 Å². The highest BCUT2D eigenvalue weighted by atomic mass is 32.2. The van der Waals surface area contributed by atoms with Gasteiger partial charge < -0.3 is 5.73 Å². The Kier molecular flexibility index (Phi) is 3.37. The Labute approximate surface area is 96.4 Å². The molecule has 0 aromatic heterocycles. The van der Waals surface area contributed by atoms with Gasteiger partial charge >= 0.3 is 0 Å². The van der Waals surface area contributed by atoms with Gasteiger partial charge in [0.2, 0.25) is 0 Å². The minimum Gasteiger partial charge on any atom is -0.324 e. The number of hydrogen-bond acceptors (Lipinski definition) is 2. The second-order valence-electron chi connectivity index (χ2n) is 4.40. The third-order valence-corrected chi connectivity index (χ3v) is 4.51. The van der Waals surface area contributed by atoms with Gasteiger partial charge in [0, 0.05) is 11.8 Å². The van der Waals surface area contributed by atoms with Gasteiger partial charge in [-0.25, -0.2) is 0 Å². The molecule has 0 aliphatic carbocycles. The fourth-order valence-electron chi connectivity index (χ4n) is 2.07. The van der Waals surface area contributed by atoms with Crippen LogP contribution in [-0.2, 0) is 12.2 Å². The number of aryl methyl sites for hydroxylation is 1. The van der Waals surface area contributed by atoms with Gasteiger partial charge in [-0.15, -0.1) is 0 Å². The van der Waals surface area contributed by atoms with E-state index in [1.54, 1.807) is 0 Å². The summed E-state index contributed by atoms with van der Waals surface area (Å²) in [6.07, 6.45) is 1.10.